The van der Waals surface area contributed by atoms with E-state index in [4.69, 9.17) is 33.7 Å². The molecule has 6 nitrogen and oxygen atoms in total. The maximum atomic E-state index is 13.5. The number of aryl methyl sites for hydroxylation is 1. The minimum absolute atomic E-state index is 0. The fourth-order valence-electron chi connectivity index (χ4n) is 5.13. The van der Waals surface area contributed by atoms with Crippen LogP contribution in [0.3, 0.4) is 0 Å². The lowest BCUT2D eigenvalue weighted by atomic mass is 9.74. The Morgan fingerprint density at radius 2 is 1.72 bits per heavy atom. The highest BCUT2D eigenvalue weighted by Gasteiger charge is 2.42. The molecule has 2 aliphatic rings. The second kappa shape index (κ2) is 11.7. The second-order valence-corrected chi connectivity index (χ2v) is 11.0. The number of carbonyl (C=O) groups excluding carboxylic acids is 2. The van der Waals surface area contributed by atoms with E-state index in [0.29, 0.717) is 28.7 Å². The SMILES string of the molecule is CC(C)(N)C(=O)N[C@H](COCc1c(Cl)cccc1Cl)C(=O)N1CCC2(CCc3ccccc32)CC1.Cl. The van der Waals surface area contributed by atoms with Gasteiger partial charge in [-0.15, -0.1) is 12.4 Å². The first-order valence-corrected chi connectivity index (χ1v) is 12.8. The number of nitrogens with one attached hydrogen (secondary N) is 1. The standard InChI is InChI=1S/C27H33Cl2N3O3.ClH/c1-26(2,30)25(34)31-23(17-35-16-19-21(28)8-5-9-22(19)29)24(33)32-14-12-27(13-15-32)11-10-18-6-3-4-7-20(18)27;/h3-9,23H,10-17,30H2,1-2H3,(H,31,34);1H/t23-;/m1./s1. The Hall–Kier alpha value is -1.83. The third kappa shape index (κ3) is 6.17. The lowest BCUT2D eigenvalue weighted by molar-refractivity contribution is -0.140. The first-order valence-electron chi connectivity index (χ1n) is 12.1. The van der Waals surface area contributed by atoms with Crippen molar-refractivity contribution in [1.29, 1.82) is 0 Å². The molecule has 1 atom stereocenters. The van der Waals surface area contributed by atoms with Crippen LogP contribution in [0.5, 0.6) is 0 Å². The Labute approximate surface area is 229 Å². The number of rotatable bonds is 7. The van der Waals surface area contributed by atoms with Crippen LogP contribution in [0.25, 0.3) is 0 Å². The zero-order chi connectivity index (χ0) is 25.2. The number of carbonyl (C=O) groups is 2. The van der Waals surface area contributed by atoms with Gasteiger partial charge in [-0.05, 0) is 68.2 Å². The lowest BCUT2D eigenvalue weighted by Crippen LogP contribution is -2.59. The Bertz CT molecular complexity index is 1070. The van der Waals surface area contributed by atoms with Crippen LogP contribution in [0.2, 0.25) is 10.0 Å². The van der Waals surface area contributed by atoms with Crippen LogP contribution in [-0.4, -0.2) is 48.0 Å². The molecule has 9 heteroatoms. The van der Waals surface area contributed by atoms with Gasteiger partial charge in [0.25, 0.3) is 0 Å². The summed E-state index contributed by atoms with van der Waals surface area (Å²) in [5, 5.41) is 3.78. The fourth-order valence-corrected chi connectivity index (χ4v) is 5.63. The van der Waals surface area contributed by atoms with E-state index < -0.39 is 17.5 Å². The summed E-state index contributed by atoms with van der Waals surface area (Å²) in [6.07, 6.45) is 4.04. The minimum Gasteiger partial charge on any atom is -0.374 e. The smallest absolute Gasteiger partial charge is 0.247 e. The molecule has 2 aromatic carbocycles. The normalized spacial score (nSPS) is 17.3. The van der Waals surface area contributed by atoms with Gasteiger partial charge in [-0.1, -0.05) is 53.5 Å². The van der Waals surface area contributed by atoms with Crippen molar-refractivity contribution in [3.05, 3.63) is 69.2 Å². The van der Waals surface area contributed by atoms with Gasteiger partial charge in [0.1, 0.15) is 6.04 Å². The number of nitrogens with two attached hydrogens (primary N) is 1. The van der Waals surface area contributed by atoms with Gasteiger partial charge in [0.2, 0.25) is 11.8 Å². The quantitative estimate of drug-likeness (QED) is 0.521. The van der Waals surface area contributed by atoms with E-state index in [1.807, 2.05) is 4.90 Å². The Kier molecular flexibility index (Phi) is 9.34. The summed E-state index contributed by atoms with van der Waals surface area (Å²) in [5.74, 6) is -0.567. The number of hydrogen-bond acceptors (Lipinski definition) is 4. The molecule has 36 heavy (non-hydrogen) atoms. The molecular formula is C27H34Cl3N3O3. The topological polar surface area (TPSA) is 84.7 Å². The molecule has 0 bridgehead atoms. The number of piperidine rings is 1. The molecule has 1 aliphatic heterocycles. The molecule has 3 N–H and O–H groups in total. The van der Waals surface area contributed by atoms with Gasteiger partial charge in [0, 0.05) is 28.7 Å². The molecule has 4 rings (SSSR count). The zero-order valence-corrected chi connectivity index (χ0v) is 23.0. The largest absolute Gasteiger partial charge is 0.374 e. The Balaban J connectivity index is 0.00000361. The van der Waals surface area contributed by atoms with Crippen molar-refractivity contribution in [2.45, 2.75) is 63.1 Å². The van der Waals surface area contributed by atoms with E-state index in [1.54, 1.807) is 32.0 Å². The highest BCUT2D eigenvalue weighted by molar-refractivity contribution is 6.35. The number of likely N-dealkylation sites (tertiary alicyclic amines) is 1. The maximum absolute atomic E-state index is 13.5. The van der Waals surface area contributed by atoms with E-state index in [2.05, 4.69) is 29.6 Å². The van der Waals surface area contributed by atoms with Gasteiger partial charge in [0.15, 0.2) is 0 Å². The molecule has 1 fully saturated rings. The van der Waals surface area contributed by atoms with Crippen molar-refractivity contribution in [1.82, 2.24) is 10.2 Å². The molecular weight excluding hydrogens is 521 g/mol. The first kappa shape index (κ1) is 28.7. The van der Waals surface area contributed by atoms with Crippen molar-refractivity contribution in [3.63, 3.8) is 0 Å². The van der Waals surface area contributed by atoms with E-state index in [-0.39, 0.29) is 36.9 Å². The van der Waals surface area contributed by atoms with E-state index in [0.717, 1.165) is 25.7 Å². The monoisotopic (exact) mass is 553 g/mol. The van der Waals surface area contributed by atoms with Gasteiger partial charge in [-0.2, -0.15) is 0 Å². The summed E-state index contributed by atoms with van der Waals surface area (Å²) in [6, 6.07) is 13.0. The van der Waals surface area contributed by atoms with Crippen molar-refractivity contribution in [3.8, 4) is 0 Å². The van der Waals surface area contributed by atoms with Crippen molar-refractivity contribution in [2.24, 2.45) is 5.73 Å². The number of nitrogens with zero attached hydrogens (tertiary/aromatic N) is 1. The van der Waals surface area contributed by atoms with Gasteiger partial charge < -0.3 is 20.7 Å². The molecule has 1 saturated heterocycles. The van der Waals surface area contributed by atoms with Gasteiger partial charge in [-0.25, -0.2) is 0 Å². The third-order valence-corrected chi connectivity index (χ3v) is 7.98. The number of ether oxygens (including phenoxy) is 1. The number of hydrogen-bond donors (Lipinski definition) is 2. The summed E-state index contributed by atoms with van der Waals surface area (Å²) in [6.45, 7) is 4.62. The molecule has 1 spiro atoms. The summed E-state index contributed by atoms with van der Waals surface area (Å²) in [5.41, 5.74) is 8.50. The molecule has 1 heterocycles. The maximum Gasteiger partial charge on any atom is 0.247 e. The Morgan fingerprint density at radius 1 is 1.08 bits per heavy atom. The third-order valence-electron chi connectivity index (χ3n) is 7.28. The van der Waals surface area contributed by atoms with Crippen LogP contribution in [-0.2, 0) is 32.8 Å². The summed E-state index contributed by atoms with van der Waals surface area (Å²) in [7, 11) is 0. The van der Waals surface area contributed by atoms with Gasteiger partial charge in [0.05, 0.1) is 18.8 Å². The highest BCUT2D eigenvalue weighted by atomic mass is 35.5. The van der Waals surface area contributed by atoms with Gasteiger partial charge in [-0.3, -0.25) is 9.59 Å². The summed E-state index contributed by atoms with van der Waals surface area (Å²) in [4.78, 5) is 28.0. The number of halogens is 3. The molecule has 0 saturated carbocycles. The van der Waals surface area contributed by atoms with Crippen LogP contribution in [0.4, 0.5) is 0 Å². The molecule has 2 amide bonds. The fraction of sp³-hybridized carbons (Fsp3) is 0.481. The average molecular weight is 555 g/mol. The predicted molar refractivity (Wildman–Crippen MR) is 146 cm³/mol. The van der Waals surface area contributed by atoms with Crippen LogP contribution >= 0.6 is 35.6 Å². The van der Waals surface area contributed by atoms with E-state index in [9.17, 15) is 9.59 Å². The summed E-state index contributed by atoms with van der Waals surface area (Å²) >= 11 is 12.5. The minimum atomic E-state index is -1.12. The number of amides is 2. The molecule has 0 unspecified atom stereocenters. The van der Waals surface area contributed by atoms with E-state index in [1.165, 1.54) is 11.1 Å². The highest BCUT2D eigenvalue weighted by Crippen LogP contribution is 2.46. The van der Waals surface area contributed by atoms with Crippen molar-refractivity contribution in [2.75, 3.05) is 19.7 Å². The van der Waals surface area contributed by atoms with Gasteiger partial charge >= 0.3 is 0 Å². The van der Waals surface area contributed by atoms with Crippen molar-refractivity contribution >= 4 is 47.4 Å². The van der Waals surface area contributed by atoms with E-state index >= 15 is 0 Å². The summed E-state index contributed by atoms with van der Waals surface area (Å²) < 4.78 is 5.84. The molecule has 1 aliphatic carbocycles. The van der Waals surface area contributed by atoms with Crippen molar-refractivity contribution < 1.29 is 14.3 Å². The Morgan fingerprint density at radius 3 is 2.36 bits per heavy atom. The lowest BCUT2D eigenvalue weighted by Gasteiger charge is -2.41. The first-order chi connectivity index (χ1) is 16.6. The number of fused-ring (bicyclic) bond motifs is 2. The van der Waals surface area contributed by atoms with Crippen LogP contribution in [0, 0.1) is 0 Å². The second-order valence-electron chi connectivity index (χ2n) is 10.2. The predicted octanol–water partition coefficient (Wildman–Crippen LogP) is 4.66. The average Bonchev–Trinajstić information content (AvgIpc) is 3.17. The van der Waals surface area contributed by atoms with Crippen LogP contribution in [0.1, 0.15) is 49.8 Å². The molecule has 196 valence electrons. The molecule has 0 aromatic heterocycles. The number of benzene rings is 2. The molecule has 0 radical (unpaired) electrons. The zero-order valence-electron chi connectivity index (χ0n) is 20.7. The molecule has 2 aromatic rings. The van der Waals surface area contributed by atoms with Crippen LogP contribution < -0.4 is 11.1 Å². The van der Waals surface area contributed by atoms with Crippen LogP contribution in [0.15, 0.2) is 42.5 Å².